The molecule has 0 radical (unpaired) electrons. The minimum absolute atomic E-state index is 0.0537. The molecule has 2 aromatic rings. The van der Waals surface area contributed by atoms with Crippen molar-refractivity contribution in [3.8, 4) is 11.5 Å². The van der Waals surface area contributed by atoms with Crippen LogP contribution < -0.4 is 19.7 Å². The number of ether oxygens (including phenoxy) is 2. The summed E-state index contributed by atoms with van der Waals surface area (Å²) in [5, 5.41) is 22.4. The van der Waals surface area contributed by atoms with Gasteiger partial charge < -0.3 is 29.9 Å². The smallest absolute Gasteiger partial charge is 0.259 e. The average Bonchev–Trinajstić information content (AvgIpc) is 2.73. The molecule has 1 aromatic heterocycles. The first-order valence-corrected chi connectivity index (χ1v) is 9.09. The van der Waals surface area contributed by atoms with Crippen molar-refractivity contribution < 1.29 is 24.5 Å². The lowest BCUT2D eigenvalue weighted by atomic mass is 9.94. The van der Waals surface area contributed by atoms with Crippen molar-refractivity contribution in [1.29, 1.82) is 0 Å². The standard InChI is InChI=1S/C20H25N3O5/c1-27-14-5-6-16(18(10-14)28-2)22-20(26)15-4-3-8-21-19(15)23-9-7-13(12-24)17(25)11-23/h3-6,8,10,13,17,24-25H,7,9,11-12H2,1-2H3,(H,22,26)/t13-,17-/m1/s1. The van der Waals surface area contributed by atoms with Crippen LogP contribution in [0, 0.1) is 5.92 Å². The van der Waals surface area contributed by atoms with E-state index in [1.54, 1.807) is 43.6 Å². The van der Waals surface area contributed by atoms with E-state index >= 15 is 0 Å². The first-order valence-electron chi connectivity index (χ1n) is 9.09. The summed E-state index contributed by atoms with van der Waals surface area (Å²) in [4.78, 5) is 19.2. The third-order valence-corrected chi connectivity index (χ3v) is 4.94. The summed E-state index contributed by atoms with van der Waals surface area (Å²) in [5.41, 5.74) is 0.914. The quantitative estimate of drug-likeness (QED) is 0.690. The number of aliphatic hydroxyl groups is 2. The maximum atomic E-state index is 12.9. The van der Waals surface area contributed by atoms with Gasteiger partial charge in [-0.05, 0) is 30.7 Å². The van der Waals surface area contributed by atoms with E-state index in [1.165, 1.54) is 7.11 Å². The van der Waals surface area contributed by atoms with Crippen LogP contribution in [0.3, 0.4) is 0 Å². The summed E-state index contributed by atoms with van der Waals surface area (Å²) in [6.45, 7) is 0.863. The number of carbonyl (C=O) groups is 1. The molecule has 3 rings (SSSR count). The number of nitrogens with one attached hydrogen (secondary N) is 1. The first kappa shape index (κ1) is 19.9. The molecule has 8 nitrogen and oxygen atoms in total. The Labute approximate surface area is 163 Å². The number of hydrogen-bond acceptors (Lipinski definition) is 7. The highest BCUT2D eigenvalue weighted by atomic mass is 16.5. The zero-order chi connectivity index (χ0) is 20.1. The molecule has 8 heteroatoms. The van der Waals surface area contributed by atoms with E-state index in [0.717, 1.165) is 0 Å². The number of nitrogens with zero attached hydrogens (tertiary/aromatic N) is 2. The van der Waals surface area contributed by atoms with Gasteiger partial charge >= 0.3 is 0 Å². The molecule has 3 N–H and O–H groups in total. The summed E-state index contributed by atoms with van der Waals surface area (Å²) in [5.74, 6) is 1.13. The second-order valence-corrected chi connectivity index (χ2v) is 6.64. The Kier molecular flexibility index (Phi) is 6.33. The van der Waals surface area contributed by atoms with Gasteiger partial charge in [-0.2, -0.15) is 0 Å². The predicted octanol–water partition coefficient (Wildman–Crippen LogP) is 1.53. The molecular weight excluding hydrogens is 362 g/mol. The third kappa shape index (κ3) is 4.18. The Hall–Kier alpha value is -2.84. The lowest BCUT2D eigenvalue weighted by Crippen LogP contribution is -2.46. The van der Waals surface area contributed by atoms with Gasteiger partial charge in [0, 0.05) is 37.9 Å². The van der Waals surface area contributed by atoms with Crippen LogP contribution in [0.25, 0.3) is 0 Å². The van der Waals surface area contributed by atoms with Crippen LogP contribution in [0.2, 0.25) is 0 Å². The minimum atomic E-state index is -0.668. The predicted molar refractivity (Wildman–Crippen MR) is 105 cm³/mol. The Morgan fingerprint density at radius 1 is 1.32 bits per heavy atom. The molecule has 0 aliphatic carbocycles. The SMILES string of the molecule is COc1ccc(NC(=O)c2cccnc2N2CC[C@H](CO)[C@H](O)C2)c(OC)c1. The van der Waals surface area contributed by atoms with Crippen molar-refractivity contribution in [1.82, 2.24) is 4.98 Å². The molecule has 1 aromatic carbocycles. The summed E-state index contributed by atoms with van der Waals surface area (Å²) in [6.07, 6.45) is 1.57. The highest BCUT2D eigenvalue weighted by molar-refractivity contribution is 6.08. The number of methoxy groups -OCH3 is 2. The van der Waals surface area contributed by atoms with Gasteiger partial charge in [0.25, 0.3) is 5.91 Å². The average molecular weight is 387 g/mol. The largest absolute Gasteiger partial charge is 0.497 e. The fraction of sp³-hybridized carbons (Fsp3) is 0.400. The first-order chi connectivity index (χ1) is 13.6. The molecule has 1 amide bonds. The van der Waals surface area contributed by atoms with Crippen molar-refractivity contribution >= 4 is 17.4 Å². The zero-order valence-electron chi connectivity index (χ0n) is 16.0. The van der Waals surface area contributed by atoms with Gasteiger partial charge in [0.05, 0.1) is 31.6 Å². The molecule has 2 atom stereocenters. The van der Waals surface area contributed by atoms with Crippen molar-refractivity contribution in [2.24, 2.45) is 5.92 Å². The third-order valence-electron chi connectivity index (χ3n) is 4.94. The number of aromatic nitrogens is 1. The fourth-order valence-corrected chi connectivity index (χ4v) is 3.30. The number of anilines is 2. The number of benzene rings is 1. The van der Waals surface area contributed by atoms with E-state index < -0.39 is 6.10 Å². The molecule has 0 saturated carbocycles. The van der Waals surface area contributed by atoms with Crippen molar-refractivity contribution in [3.63, 3.8) is 0 Å². The normalized spacial score (nSPS) is 19.2. The zero-order valence-corrected chi connectivity index (χ0v) is 16.0. The maximum Gasteiger partial charge on any atom is 0.259 e. The number of carbonyl (C=O) groups excluding carboxylic acids is 1. The second-order valence-electron chi connectivity index (χ2n) is 6.64. The number of amides is 1. The number of hydrogen-bond donors (Lipinski definition) is 3. The molecule has 1 aliphatic heterocycles. The van der Waals surface area contributed by atoms with E-state index in [4.69, 9.17) is 9.47 Å². The van der Waals surface area contributed by atoms with Crippen molar-refractivity contribution in [2.75, 3.05) is 44.1 Å². The molecule has 150 valence electrons. The van der Waals surface area contributed by atoms with Crippen LogP contribution in [0.1, 0.15) is 16.8 Å². The highest BCUT2D eigenvalue weighted by Gasteiger charge is 2.29. The van der Waals surface area contributed by atoms with Crippen LogP contribution in [-0.4, -0.2) is 61.1 Å². The van der Waals surface area contributed by atoms with E-state index in [0.29, 0.717) is 48.1 Å². The fourth-order valence-electron chi connectivity index (χ4n) is 3.30. The summed E-state index contributed by atoms with van der Waals surface area (Å²) < 4.78 is 10.5. The van der Waals surface area contributed by atoms with Crippen LogP contribution in [-0.2, 0) is 0 Å². The molecule has 2 heterocycles. The van der Waals surface area contributed by atoms with E-state index in [-0.39, 0.29) is 18.4 Å². The number of aliphatic hydroxyl groups excluding tert-OH is 2. The van der Waals surface area contributed by atoms with Gasteiger partial charge in [-0.1, -0.05) is 0 Å². The van der Waals surface area contributed by atoms with Gasteiger partial charge in [0.1, 0.15) is 17.3 Å². The van der Waals surface area contributed by atoms with Gasteiger partial charge in [-0.15, -0.1) is 0 Å². The second kappa shape index (κ2) is 8.90. The van der Waals surface area contributed by atoms with Crippen LogP contribution >= 0.6 is 0 Å². The monoisotopic (exact) mass is 387 g/mol. The molecule has 1 saturated heterocycles. The Balaban J connectivity index is 1.82. The summed E-state index contributed by atoms with van der Waals surface area (Å²) in [7, 11) is 3.08. The van der Waals surface area contributed by atoms with Gasteiger partial charge in [-0.3, -0.25) is 4.79 Å². The van der Waals surface area contributed by atoms with Gasteiger partial charge in [0.2, 0.25) is 0 Å². The highest BCUT2D eigenvalue weighted by Crippen LogP contribution is 2.30. The molecular formula is C20H25N3O5. The number of piperidine rings is 1. The summed E-state index contributed by atoms with van der Waals surface area (Å²) >= 11 is 0. The number of rotatable bonds is 6. The van der Waals surface area contributed by atoms with Crippen molar-refractivity contribution in [2.45, 2.75) is 12.5 Å². The Bertz CT molecular complexity index is 829. The molecule has 1 aliphatic rings. The minimum Gasteiger partial charge on any atom is -0.497 e. The molecule has 0 unspecified atom stereocenters. The van der Waals surface area contributed by atoms with Crippen LogP contribution in [0.5, 0.6) is 11.5 Å². The van der Waals surface area contributed by atoms with Gasteiger partial charge in [-0.25, -0.2) is 4.98 Å². The molecule has 0 bridgehead atoms. The number of pyridine rings is 1. The van der Waals surface area contributed by atoms with E-state index in [2.05, 4.69) is 10.3 Å². The maximum absolute atomic E-state index is 12.9. The van der Waals surface area contributed by atoms with Gasteiger partial charge in [0.15, 0.2) is 0 Å². The topological polar surface area (TPSA) is 104 Å². The summed E-state index contributed by atoms with van der Waals surface area (Å²) in [6, 6.07) is 8.52. The lowest BCUT2D eigenvalue weighted by Gasteiger charge is -2.36. The van der Waals surface area contributed by atoms with Crippen molar-refractivity contribution in [3.05, 3.63) is 42.1 Å². The Morgan fingerprint density at radius 3 is 2.82 bits per heavy atom. The Morgan fingerprint density at radius 2 is 2.14 bits per heavy atom. The van der Waals surface area contributed by atoms with E-state index in [1.807, 2.05) is 4.90 Å². The molecule has 1 fully saturated rings. The molecule has 0 spiro atoms. The van der Waals surface area contributed by atoms with Crippen LogP contribution in [0.4, 0.5) is 11.5 Å². The number of β-amino-alcohol motifs (C(OH)–C–C–N with tert-alkyl or cyclic N) is 1. The lowest BCUT2D eigenvalue weighted by molar-refractivity contribution is 0.0545. The molecule has 28 heavy (non-hydrogen) atoms. The van der Waals surface area contributed by atoms with Crippen LogP contribution in [0.15, 0.2) is 36.5 Å². The van der Waals surface area contributed by atoms with E-state index in [9.17, 15) is 15.0 Å².